The molecule has 0 saturated carbocycles. The molecule has 100 valence electrons. The third-order valence-electron chi connectivity index (χ3n) is 3.85. The Kier molecular flexibility index (Phi) is 5.13. The van der Waals surface area contributed by atoms with Crippen molar-refractivity contribution in [2.45, 2.75) is 36.5 Å². The second kappa shape index (κ2) is 6.17. The summed E-state index contributed by atoms with van der Waals surface area (Å²) in [5, 5.41) is 9.73. The maximum atomic E-state index is 11.8. The van der Waals surface area contributed by atoms with Crippen molar-refractivity contribution in [1.29, 1.82) is 0 Å². The van der Waals surface area contributed by atoms with Crippen molar-refractivity contribution in [3.05, 3.63) is 11.4 Å². The number of carbonyl (C=O) groups excluding carboxylic acids is 2. The summed E-state index contributed by atoms with van der Waals surface area (Å²) in [7, 11) is 1.33. The number of nitrogens with zero attached hydrogens (tertiary/aromatic N) is 1. The van der Waals surface area contributed by atoms with Gasteiger partial charge in [-0.2, -0.15) is 0 Å². The number of hydrogen-bond acceptors (Lipinski definition) is 4. The Hall–Kier alpha value is -1.11. The monoisotopic (exact) mass is 314 g/mol. The number of rotatable bonds is 6. The van der Waals surface area contributed by atoms with Gasteiger partial charge in [0.2, 0.25) is 0 Å². The van der Waals surface area contributed by atoms with Gasteiger partial charge in [0.05, 0.1) is 0 Å². The first-order chi connectivity index (χ1) is 8.60. The molecule has 0 radical (unpaired) electrons. The van der Waals surface area contributed by atoms with Gasteiger partial charge in [0, 0.05) is 0 Å². The van der Waals surface area contributed by atoms with Gasteiger partial charge in [0.25, 0.3) is 0 Å². The molecule has 0 aromatic carbocycles. The molecule has 1 aromatic heterocycles. The van der Waals surface area contributed by atoms with E-state index in [0.29, 0.717) is 11.4 Å². The zero-order chi connectivity index (χ0) is 13.8. The van der Waals surface area contributed by atoms with Gasteiger partial charge in [0.1, 0.15) is 0 Å². The average molecular weight is 313 g/mol. The van der Waals surface area contributed by atoms with Gasteiger partial charge in [-0.3, -0.25) is 0 Å². The zero-order valence-corrected chi connectivity index (χ0v) is 13.5. The summed E-state index contributed by atoms with van der Waals surface area (Å²) in [6.07, 6.45) is 0.760. The van der Waals surface area contributed by atoms with E-state index < -0.39 is 19.2 Å². The van der Waals surface area contributed by atoms with Crippen LogP contribution in [0.15, 0.2) is 0 Å². The Bertz CT molecular complexity index is 430. The molecule has 0 unspecified atom stereocenters. The molecule has 0 aliphatic rings. The SMILES string of the molecule is C[CH2][Ge]([CH2]C)([CH2]C)[c]1c(C(=O)OC)n[nH]c1C=O. The molecule has 0 saturated heterocycles. The van der Waals surface area contributed by atoms with Crippen LogP contribution in [0.4, 0.5) is 0 Å². The molecular weight excluding hydrogens is 293 g/mol. The van der Waals surface area contributed by atoms with Crippen molar-refractivity contribution in [2.75, 3.05) is 7.11 Å². The number of carbonyl (C=O) groups is 2. The number of H-pyrrole nitrogens is 1. The molecule has 6 heteroatoms. The van der Waals surface area contributed by atoms with Gasteiger partial charge in [-0.05, 0) is 0 Å². The number of aldehydes is 1. The van der Waals surface area contributed by atoms with Crippen LogP contribution in [0.25, 0.3) is 0 Å². The van der Waals surface area contributed by atoms with Crippen LogP contribution < -0.4 is 4.40 Å². The predicted octanol–water partition coefficient (Wildman–Crippen LogP) is 1.72. The number of ether oxygens (including phenoxy) is 1. The molecule has 0 spiro atoms. The van der Waals surface area contributed by atoms with Crippen LogP contribution in [-0.4, -0.2) is 42.8 Å². The van der Waals surface area contributed by atoms with E-state index in [1.807, 2.05) is 0 Å². The number of aromatic amines is 1. The molecule has 1 aromatic rings. The van der Waals surface area contributed by atoms with Crippen LogP contribution in [0.5, 0.6) is 0 Å². The summed E-state index contributed by atoms with van der Waals surface area (Å²) in [6, 6.07) is 0. The first kappa shape index (κ1) is 15.0. The van der Waals surface area contributed by atoms with E-state index >= 15 is 0 Å². The summed E-state index contributed by atoms with van der Waals surface area (Å²) in [5.41, 5.74) is 0.770. The van der Waals surface area contributed by atoms with Crippen molar-refractivity contribution < 1.29 is 14.3 Å². The van der Waals surface area contributed by atoms with E-state index in [1.165, 1.54) is 7.11 Å². The summed E-state index contributed by atoms with van der Waals surface area (Å²) < 4.78 is 5.64. The van der Waals surface area contributed by atoms with Gasteiger partial charge in [-0.1, -0.05) is 0 Å². The van der Waals surface area contributed by atoms with Crippen molar-refractivity contribution >= 4 is 29.9 Å². The van der Waals surface area contributed by atoms with E-state index in [0.717, 1.165) is 26.4 Å². The van der Waals surface area contributed by atoms with E-state index in [2.05, 4.69) is 31.0 Å². The van der Waals surface area contributed by atoms with Crippen LogP contribution >= 0.6 is 0 Å². The van der Waals surface area contributed by atoms with E-state index in [1.54, 1.807) is 0 Å². The predicted molar refractivity (Wildman–Crippen MR) is 72.1 cm³/mol. The quantitative estimate of drug-likeness (QED) is 0.493. The summed E-state index contributed by atoms with van der Waals surface area (Å²) >= 11 is -2.43. The Morgan fingerprint density at radius 1 is 1.33 bits per heavy atom. The van der Waals surface area contributed by atoms with Crippen molar-refractivity contribution in [1.82, 2.24) is 10.2 Å². The third-order valence-corrected chi connectivity index (χ3v) is 15.7. The molecule has 0 bridgehead atoms. The van der Waals surface area contributed by atoms with Gasteiger partial charge in [0.15, 0.2) is 0 Å². The molecule has 1 heterocycles. The average Bonchev–Trinajstić information content (AvgIpc) is 2.85. The van der Waals surface area contributed by atoms with Crippen LogP contribution in [0.2, 0.25) is 15.8 Å². The Morgan fingerprint density at radius 3 is 2.28 bits per heavy atom. The van der Waals surface area contributed by atoms with Gasteiger partial charge >= 0.3 is 109 Å². The van der Waals surface area contributed by atoms with Crippen LogP contribution in [0.3, 0.4) is 0 Å². The molecule has 0 aliphatic heterocycles. The third kappa shape index (κ3) is 2.36. The Labute approximate surface area is 110 Å². The number of esters is 1. The standard InChI is InChI=1S/C12H20GeN2O3/c1-5-13(6-2,7-3)10-9(8-16)14-15-11(10)12(17)18-4/h8H,5-7H2,1-4H3,(H,14,15). The fourth-order valence-corrected chi connectivity index (χ4v) is 10.7. The second-order valence-corrected chi connectivity index (χ2v) is 15.2. The fourth-order valence-electron chi connectivity index (χ4n) is 2.50. The normalized spacial score (nSPS) is 11.3. The van der Waals surface area contributed by atoms with Crippen molar-refractivity contribution in [2.24, 2.45) is 0 Å². The van der Waals surface area contributed by atoms with E-state index in [9.17, 15) is 9.59 Å². The molecular formula is C12H20GeN2O3. The van der Waals surface area contributed by atoms with Gasteiger partial charge < -0.3 is 0 Å². The second-order valence-electron chi connectivity index (χ2n) is 4.31. The minimum atomic E-state index is -2.43. The maximum absolute atomic E-state index is 11.8. The zero-order valence-electron chi connectivity index (χ0n) is 11.4. The molecule has 0 aliphatic carbocycles. The van der Waals surface area contributed by atoms with Gasteiger partial charge in [-0.15, -0.1) is 0 Å². The van der Waals surface area contributed by atoms with Gasteiger partial charge in [-0.25, -0.2) is 0 Å². The molecule has 5 nitrogen and oxygen atoms in total. The first-order valence-corrected chi connectivity index (χ1v) is 11.7. The van der Waals surface area contributed by atoms with Crippen LogP contribution in [-0.2, 0) is 4.74 Å². The Morgan fingerprint density at radius 2 is 1.89 bits per heavy atom. The number of nitrogens with one attached hydrogen (secondary N) is 1. The van der Waals surface area contributed by atoms with E-state index in [4.69, 9.17) is 4.74 Å². The van der Waals surface area contributed by atoms with Crippen LogP contribution in [0.1, 0.15) is 41.7 Å². The summed E-state index contributed by atoms with van der Waals surface area (Å²) in [6.45, 7) is 6.40. The molecule has 1 rings (SSSR count). The number of hydrogen-bond donors (Lipinski definition) is 1. The summed E-state index contributed by atoms with van der Waals surface area (Å²) in [4.78, 5) is 22.9. The molecule has 18 heavy (non-hydrogen) atoms. The van der Waals surface area contributed by atoms with Crippen LogP contribution in [0, 0.1) is 0 Å². The molecule has 0 fully saturated rings. The number of aromatic nitrogens is 2. The Balaban J connectivity index is 3.47. The van der Waals surface area contributed by atoms with Crippen molar-refractivity contribution in [3.63, 3.8) is 0 Å². The molecule has 0 amide bonds. The molecule has 1 N–H and O–H groups in total. The van der Waals surface area contributed by atoms with Crippen molar-refractivity contribution in [3.8, 4) is 0 Å². The first-order valence-electron chi connectivity index (χ1n) is 6.22. The summed E-state index contributed by atoms with van der Waals surface area (Å²) in [5.74, 6) is -0.459. The topological polar surface area (TPSA) is 72.0 Å². The molecule has 0 atom stereocenters. The minimum absolute atomic E-state index is 0.310. The fraction of sp³-hybridized carbons (Fsp3) is 0.583. The van der Waals surface area contributed by atoms with E-state index in [-0.39, 0.29) is 0 Å². The number of methoxy groups -OCH3 is 1.